The Morgan fingerprint density at radius 3 is 2.54 bits per heavy atom. The number of amides is 2. The molecule has 4 rings (SSSR count). The highest BCUT2D eigenvalue weighted by atomic mass is 35.5. The molecule has 0 unspecified atom stereocenters. The molecule has 0 saturated carbocycles. The van der Waals surface area contributed by atoms with Gasteiger partial charge in [0.05, 0.1) is 40.5 Å². The van der Waals surface area contributed by atoms with Crippen molar-refractivity contribution in [3.8, 4) is 5.75 Å². The van der Waals surface area contributed by atoms with E-state index in [1.807, 2.05) is 39.1 Å². The summed E-state index contributed by atoms with van der Waals surface area (Å²) < 4.78 is 12.8. The second-order valence-electron chi connectivity index (χ2n) is 12.3. The molecule has 46 heavy (non-hydrogen) atoms. The van der Waals surface area contributed by atoms with Crippen LogP contribution in [0.2, 0.25) is 10.0 Å². The highest BCUT2D eigenvalue weighted by Gasteiger charge is 2.30. The Morgan fingerprint density at radius 1 is 1.07 bits per heavy atom. The molecule has 8 nitrogen and oxygen atoms in total. The number of hydrogen-bond acceptors (Lipinski definition) is 6. The summed E-state index contributed by atoms with van der Waals surface area (Å²) in [6.07, 6.45) is 2.25. The number of halogens is 2. The summed E-state index contributed by atoms with van der Waals surface area (Å²) >= 11 is 12.4. The van der Waals surface area contributed by atoms with Crippen LogP contribution in [0.3, 0.4) is 0 Å². The normalized spacial score (nSPS) is 20.4. The number of ether oxygens (including phenoxy) is 2. The zero-order chi connectivity index (χ0) is 33.2. The average Bonchev–Trinajstić information content (AvgIpc) is 3.04. The molecule has 0 bridgehead atoms. The van der Waals surface area contributed by atoms with E-state index in [9.17, 15) is 14.7 Å². The summed E-state index contributed by atoms with van der Waals surface area (Å²) in [7, 11) is 2.03. The Balaban J connectivity index is 1.60. The number of fused-ring (bicyclic) bond motifs is 1. The molecule has 1 aliphatic heterocycles. The minimum atomic E-state index is -0.467. The number of nitrogens with zero attached hydrogens (tertiary/aromatic N) is 2. The zero-order valence-electron chi connectivity index (χ0n) is 27.0. The lowest BCUT2D eigenvalue weighted by Gasteiger charge is -2.36. The molecule has 10 heteroatoms. The highest BCUT2D eigenvalue weighted by molar-refractivity contribution is 6.42. The van der Waals surface area contributed by atoms with Gasteiger partial charge in [0.1, 0.15) is 5.75 Å². The Hall–Kier alpha value is -3.14. The number of benzene rings is 3. The van der Waals surface area contributed by atoms with Gasteiger partial charge in [0.2, 0.25) is 0 Å². The third-order valence-electron chi connectivity index (χ3n) is 8.27. The van der Waals surface area contributed by atoms with Crippen LogP contribution in [0.15, 0.2) is 66.7 Å². The second-order valence-corrected chi connectivity index (χ2v) is 13.1. The SMILES string of the molecule is C[C@@H]1CN([C@H](C)CO)C(=O)c2cc(NC(=O)c3ccccc3)ccc2O[C@@H](C)CCCCO[C@H]1CN(C)Cc1ccc(Cl)c(Cl)c1. The van der Waals surface area contributed by atoms with Crippen molar-refractivity contribution < 1.29 is 24.2 Å². The number of hydrogen-bond donors (Lipinski definition) is 2. The number of aliphatic hydroxyl groups is 1. The largest absolute Gasteiger partial charge is 0.490 e. The first-order chi connectivity index (χ1) is 22.0. The zero-order valence-corrected chi connectivity index (χ0v) is 28.6. The topological polar surface area (TPSA) is 91.3 Å². The first-order valence-corrected chi connectivity index (χ1v) is 16.6. The van der Waals surface area contributed by atoms with E-state index in [-0.39, 0.29) is 36.5 Å². The van der Waals surface area contributed by atoms with Gasteiger partial charge in [-0.05, 0) is 88.2 Å². The Labute approximate surface area is 282 Å². The molecule has 4 atom stereocenters. The van der Waals surface area contributed by atoms with Crippen LogP contribution in [0, 0.1) is 5.92 Å². The minimum Gasteiger partial charge on any atom is -0.490 e. The Bertz CT molecular complexity index is 1460. The first-order valence-electron chi connectivity index (χ1n) is 15.9. The van der Waals surface area contributed by atoms with Gasteiger partial charge in [-0.15, -0.1) is 0 Å². The van der Waals surface area contributed by atoms with Gasteiger partial charge < -0.3 is 24.8 Å². The van der Waals surface area contributed by atoms with E-state index in [1.165, 1.54) is 0 Å². The maximum absolute atomic E-state index is 14.3. The molecular formula is C36H45Cl2N3O5. The fourth-order valence-corrected chi connectivity index (χ4v) is 5.90. The number of carbonyl (C=O) groups is 2. The van der Waals surface area contributed by atoms with Crippen LogP contribution in [-0.4, -0.2) is 78.3 Å². The van der Waals surface area contributed by atoms with Crippen molar-refractivity contribution in [3.63, 3.8) is 0 Å². The van der Waals surface area contributed by atoms with Crippen molar-refractivity contribution in [2.45, 2.75) is 64.8 Å². The fraction of sp³-hybridized carbons (Fsp3) is 0.444. The van der Waals surface area contributed by atoms with Gasteiger partial charge in [-0.3, -0.25) is 14.5 Å². The van der Waals surface area contributed by atoms with Crippen LogP contribution in [0.25, 0.3) is 0 Å². The van der Waals surface area contributed by atoms with Gasteiger partial charge >= 0.3 is 0 Å². The third kappa shape index (κ3) is 9.93. The molecule has 1 aliphatic rings. The van der Waals surface area contributed by atoms with Crippen molar-refractivity contribution in [1.29, 1.82) is 0 Å². The summed E-state index contributed by atoms with van der Waals surface area (Å²) in [5, 5.41) is 14.2. The van der Waals surface area contributed by atoms with E-state index in [1.54, 1.807) is 53.4 Å². The molecule has 2 amide bonds. The summed E-state index contributed by atoms with van der Waals surface area (Å²) in [5.41, 5.74) is 2.36. The smallest absolute Gasteiger partial charge is 0.258 e. The van der Waals surface area contributed by atoms with Crippen molar-refractivity contribution >= 4 is 40.7 Å². The van der Waals surface area contributed by atoms with Gasteiger partial charge in [-0.25, -0.2) is 0 Å². The molecule has 2 N–H and O–H groups in total. The highest BCUT2D eigenvalue weighted by Crippen LogP contribution is 2.29. The van der Waals surface area contributed by atoms with E-state index >= 15 is 0 Å². The number of likely N-dealkylation sites (N-methyl/N-ethyl adjacent to an activating group) is 1. The van der Waals surface area contributed by atoms with E-state index in [0.717, 1.165) is 24.8 Å². The van der Waals surface area contributed by atoms with E-state index < -0.39 is 6.04 Å². The summed E-state index contributed by atoms with van der Waals surface area (Å²) in [6.45, 7) is 7.89. The van der Waals surface area contributed by atoms with Crippen LogP contribution >= 0.6 is 23.2 Å². The molecule has 248 valence electrons. The molecule has 0 aromatic heterocycles. The predicted molar refractivity (Wildman–Crippen MR) is 184 cm³/mol. The van der Waals surface area contributed by atoms with Crippen LogP contribution in [0.5, 0.6) is 5.75 Å². The Kier molecular flexibility index (Phi) is 13.3. The summed E-state index contributed by atoms with van der Waals surface area (Å²) in [4.78, 5) is 31.1. The molecule has 0 saturated heterocycles. The maximum atomic E-state index is 14.3. The molecule has 3 aromatic rings. The molecule has 0 fully saturated rings. The lowest BCUT2D eigenvalue weighted by molar-refractivity contribution is -0.0177. The summed E-state index contributed by atoms with van der Waals surface area (Å²) in [6, 6.07) is 19.2. The van der Waals surface area contributed by atoms with Crippen molar-refractivity contribution in [3.05, 3.63) is 93.5 Å². The molecule has 3 aromatic carbocycles. The van der Waals surface area contributed by atoms with E-state index in [4.69, 9.17) is 32.7 Å². The number of carbonyl (C=O) groups excluding carboxylic acids is 2. The summed E-state index contributed by atoms with van der Waals surface area (Å²) in [5.74, 6) is -0.181. The van der Waals surface area contributed by atoms with Gasteiger partial charge in [-0.1, -0.05) is 54.4 Å². The molecule has 1 heterocycles. The maximum Gasteiger partial charge on any atom is 0.258 e. The number of nitrogens with one attached hydrogen (secondary N) is 1. The monoisotopic (exact) mass is 669 g/mol. The van der Waals surface area contributed by atoms with Crippen molar-refractivity contribution in [2.75, 3.05) is 38.7 Å². The second kappa shape index (κ2) is 17.1. The van der Waals surface area contributed by atoms with Gasteiger partial charge in [0.25, 0.3) is 11.8 Å². The first kappa shape index (κ1) is 35.7. The molecular weight excluding hydrogens is 625 g/mol. The van der Waals surface area contributed by atoms with E-state index in [2.05, 4.69) is 17.1 Å². The number of aliphatic hydroxyl groups excluding tert-OH is 1. The predicted octanol–water partition coefficient (Wildman–Crippen LogP) is 7.17. The molecule has 0 radical (unpaired) electrons. The standard InChI is InChI=1S/C36H45Cl2N3O5/c1-24-20-41(25(2)23-42)36(44)30-19-29(39-35(43)28-11-6-5-7-12-28)14-16-33(30)46-26(3)10-8-9-17-45-34(24)22-40(4)21-27-13-15-31(37)32(38)18-27/h5-7,11-16,18-19,24-26,34,42H,8-10,17,20-23H2,1-4H3,(H,39,43)/t24-,25-,26+,34+/m1/s1. The van der Waals surface area contributed by atoms with Crippen LogP contribution in [-0.2, 0) is 11.3 Å². The Morgan fingerprint density at radius 2 is 1.83 bits per heavy atom. The lowest BCUT2D eigenvalue weighted by Crippen LogP contribution is -2.47. The van der Waals surface area contributed by atoms with Gasteiger partial charge in [0, 0.05) is 43.4 Å². The minimum absolute atomic E-state index is 0.0681. The van der Waals surface area contributed by atoms with Crippen molar-refractivity contribution in [2.24, 2.45) is 5.92 Å². The third-order valence-corrected chi connectivity index (χ3v) is 9.01. The van der Waals surface area contributed by atoms with Gasteiger partial charge in [0.15, 0.2) is 0 Å². The van der Waals surface area contributed by atoms with Gasteiger partial charge in [-0.2, -0.15) is 0 Å². The van der Waals surface area contributed by atoms with Crippen LogP contribution in [0.1, 0.15) is 66.3 Å². The fourth-order valence-electron chi connectivity index (χ4n) is 5.58. The van der Waals surface area contributed by atoms with Crippen LogP contribution in [0.4, 0.5) is 5.69 Å². The average molecular weight is 671 g/mol. The van der Waals surface area contributed by atoms with E-state index in [0.29, 0.717) is 58.9 Å². The van der Waals surface area contributed by atoms with Crippen LogP contribution < -0.4 is 10.1 Å². The molecule has 0 aliphatic carbocycles. The van der Waals surface area contributed by atoms with Crippen molar-refractivity contribution in [1.82, 2.24) is 9.80 Å². The lowest BCUT2D eigenvalue weighted by atomic mass is 10.0. The quantitative estimate of drug-likeness (QED) is 0.264. The molecule has 0 spiro atoms. The number of anilines is 1. The number of rotatable bonds is 8.